The zero-order valence-corrected chi connectivity index (χ0v) is 7.27. The maximum Gasteiger partial charge on any atom is 0.148 e. The van der Waals surface area contributed by atoms with E-state index < -0.39 is 18.1 Å². The standard InChI is InChI=1S/C8H14O4/c1-6(3-9)8(5-11)12-7(2)4-10/h3-4,6-8,11H,5H2,1-2H3. The van der Waals surface area contributed by atoms with Crippen LogP contribution in [0.5, 0.6) is 0 Å². The Labute approximate surface area is 71.5 Å². The summed E-state index contributed by atoms with van der Waals surface area (Å²) in [5.74, 6) is -0.391. The third kappa shape index (κ3) is 3.59. The lowest BCUT2D eigenvalue weighted by Crippen LogP contribution is -2.31. The Balaban J connectivity index is 3.97. The lowest BCUT2D eigenvalue weighted by Gasteiger charge is -2.19. The van der Waals surface area contributed by atoms with Gasteiger partial charge in [-0.2, -0.15) is 0 Å². The molecule has 0 rings (SSSR count). The number of ether oxygens (including phenoxy) is 1. The Kier molecular flexibility index (Phi) is 5.49. The fourth-order valence-electron chi connectivity index (χ4n) is 0.729. The summed E-state index contributed by atoms with van der Waals surface area (Å²) in [5, 5.41) is 8.77. The van der Waals surface area contributed by atoms with Gasteiger partial charge in [0.05, 0.1) is 12.7 Å². The Morgan fingerprint density at radius 3 is 2.25 bits per heavy atom. The predicted molar refractivity (Wildman–Crippen MR) is 42.7 cm³/mol. The largest absolute Gasteiger partial charge is 0.394 e. The average molecular weight is 174 g/mol. The van der Waals surface area contributed by atoms with Crippen molar-refractivity contribution in [2.75, 3.05) is 6.61 Å². The number of hydrogen-bond acceptors (Lipinski definition) is 4. The topological polar surface area (TPSA) is 63.6 Å². The number of aldehydes is 2. The van der Waals surface area contributed by atoms with Crippen molar-refractivity contribution in [3.63, 3.8) is 0 Å². The molecule has 0 spiro atoms. The molecule has 4 heteroatoms. The molecule has 3 unspecified atom stereocenters. The van der Waals surface area contributed by atoms with Gasteiger partial charge in [-0.3, -0.25) is 0 Å². The first-order chi connectivity index (χ1) is 5.65. The van der Waals surface area contributed by atoms with Crippen LogP contribution in [0.3, 0.4) is 0 Å². The first kappa shape index (κ1) is 11.3. The number of hydrogen-bond donors (Lipinski definition) is 1. The molecule has 0 aromatic rings. The Hall–Kier alpha value is -0.740. The number of aliphatic hydroxyl groups is 1. The quantitative estimate of drug-likeness (QED) is 0.566. The molecule has 3 atom stereocenters. The summed E-state index contributed by atoms with van der Waals surface area (Å²) in [7, 11) is 0. The Morgan fingerprint density at radius 2 is 1.92 bits per heavy atom. The smallest absolute Gasteiger partial charge is 0.148 e. The van der Waals surface area contributed by atoms with Crippen molar-refractivity contribution in [1.29, 1.82) is 0 Å². The normalized spacial score (nSPS) is 17.9. The van der Waals surface area contributed by atoms with Crippen LogP contribution in [0.2, 0.25) is 0 Å². The van der Waals surface area contributed by atoms with Crippen LogP contribution in [-0.2, 0) is 14.3 Å². The van der Waals surface area contributed by atoms with Gasteiger partial charge in [0.2, 0.25) is 0 Å². The second-order valence-corrected chi connectivity index (χ2v) is 2.69. The maximum absolute atomic E-state index is 10.3. The van der Waals surface area contributed by atoms with Crippen molar-refractivity contribution in [2.45, 2.75) is 26.1 Å². The van der Waals surface area contributed by atoms with E-state index in [0.29, 0.717) is 12.6 Å². The van der Waals surface area contributed by atoms with E-state index in [4.69, 9.17) is 9.84 Å². The van der Waals surface area contributed by atoms with Gasteiger partial charge in [0.15, 0.2) is 0 Å². The van der Waals surface area contributed by atoms with Crippen molar-refractivity contribution < 1.29 is 19.4 Å². The molecule has 70 valence electrons. The molecule has 0 aromatic heterocycles. The minimum atomic E-state index is -0.581. The molecular weight excluding hydrogens is 160 g/mol. The fourth-order valence-corrected chi connectivity index (χ4v) is 0.729. The van der Waals surface area contributed by atoms with Crippen molar-refractivity contribution >= 4 is 12.6 Å². The average Bonchev–Trinajstić information content (AvgIpc) is 2.12. The zero-order chi connectivity index (χ0) is 9.56. The van der Waals surface area contributed by atoms with Crippen LogP contribution in [0.1, 0.15) is 13.8 Å². The predicted octanol–water partition coefficient (Wildman–Crippen LogP) is -0.214. The van der Waals surface area contributed by atoms with Crippen LogP contribution in [0.4, 0.5) is 0 Å². The highest BCUT2D eigenvalue weighted by Crippen LogP contribution is 2.06. The van der Waals surface area contributed by atoms with Gasteiger partial charge in [0.1, 0.15) is 18.7 Å². The van der Waals surface area contributed by atoms with Gasteiger partial charge in [0, 0.05) is 5.92 Å². The zero-order valence-electron chi connectivity index (χ0n) is 7.27. The maximum atomic E-state index is 10.3. The molecule has 0 amide bonds. The number of carbonyl (C=O) groups is 2. The van der Waals surface area contributed by atoms with Gasteiger partial charge in [-0.15, -0.1) is 0 Å². The molecule has 4 nitrogen and oxygen atoms in total. The molecule has 0 aromatic carbocycles. The van der Waals surface area contributed by atoms with Gasteiger partial charge < -0.3 is 19.4 Å². The molecule has 0 aliphatic carbocycles. The summed E-state index contributed by atoms with van der Waals surface area (Å²) < 4.78 is 5.05. The second-order valence-electron chi connectivity index (χ2n) is 2.69. The van der Waals surface area contributed by atoms with Crippen molar-refractivity contribution in [3.8, 4) is 0 Å². The molecule has 0 heterocycles. The number of carbonyl (C=O) groups excluding carboxylic acids is 2. The lowest BCUT2D eigenvalue weighted by atomic mass is 10.1. The van der Waals surface area contributed by atoms with E-state index in [9.17, 15) is 9.59 Å². The molecule has 0 saturated carbocycles. The van der Waals surface area contributed by atoms with Crippen molar-refractivity contribution in [3.05, 3.63) is 0 Å². The summed E-state index contributed by atoms with van der Waals surface area (Å²) in [6.45, 7) is 2.94. The molecule has 0 aliphatic heterocycles. The molecule has 0 bridgehead atoms. The van der Waals surface area contributed by atoms with Gasteiger partial charge >= 0.3 is 0 Å². The third-order valence-corrected chi connectivity index (χ3v) is 1.56. The summed E-state index contributed by atoms with van der Waals surface area (Å²) in [4.78, 5) is 20.5. The van der Waals surface area contributed by atoms with Crippen molar-refractivity contribution in [2.24, 2.45) is 5.92 Å². The van der Waals surface area contributed by atoms with Crippen LogP contribution in [0, 0.1) is 5.92 Å². The van der Waals surface area contributed by atoms with Gasteiger partial charge in [-0.05, 0) is 6.92 Å². The Morgan fingerprint density at radius 1 is 1.33 bits per heavy atom. The summed E-state index contributed by atoms with van der Waals surface area (Å²) in [6.07, 6.45) is 0.158. The van der Waals surface area contributed by atoms with E-state index in [0.717, 1.165) is 0 Å². The lowest BCUT2D eigenvalue weighted by molar-refractivity contribution is -0.130. The van der Waals surface area contributed by atoms with E-state index >= 15 is 0 Å². The van der Waals surface area contributed by atoms with E-state index in [1.54, 1.807) is 13.8 Å². The highest BCUT2D eigenvalue weighted by atomic mass is 16.5. The molecule has 0 aliphatic rings. The number of aliphatic hydroxyl groups excluding tert-OH is 1. The van der Waals surface area contributed by atoms with E-state index in [2.05, 4.69) is 0 Å². The summed E-state index contributed by atoms with van der Waals surface area (Å²) in [6, 6.07) is 0. The minimum Gasteiger partial charge on any atom is -0.394 e. The Bertz CT molecular complexity index is 146. The summed E-state index contributed by atoms with van der Waals surface area (Å²) >= 11 is 0. The fraction of sp³-hybridized carbons (Fsp3) is 0.750. The summed E-state index contributed by atoms with van der Waals surface area (Å²) in [5.41, 5.74) is 0. The van der Waals surface area contributed by atoms with Gasteiger partial charge in [-0.1, -0.05) is 6.92 Å². The van der Waals surface area contributed by atoms with Crippen LogP contribution >= 0.6 is 0 Å². The minimum absolute atomic E-state index is 0.252. The SMILES string of the molecule is CC(C=O)OC(CO)C(C)C=O. The van der Waals surface area contributed by atoms with Crippen LogP contribution in [0.15, 0.2) is 0 Å². The molecule has 1 N–H and O–H groups in total. The number of rotatable bonds is 6. The van der Waals surface area contributed by atoms with E-state index in [1.807, 2.05) is 0 Å². The van der Waals surface area contributed by atoms with Gasteiger partial charge in [0.25, 0.3) is 0 Å². The third-order valence-electron chi connectivity index (χ3n) is 1.56. The van der Waals surface area contributed by atoms with E-state index in [-0.39, 0.29) is 6.61 Å². The first-order valence-corrected chi connectivity index (χ1v) is 3.82. The monoisotopic (exact) mass is 174 g/mol. The highest BCUT2D eigenvalue weighted by molar-refractivity contribution is 5.56. The first-order valence-electron chi connectivity index (χ1n) is 3.82. The molecule has 0 radical (unpaired) electrons. The molecule has 12 heavy (non-hydrogen) atoms. The van der Waals surface area contributed by atoms with Crippen molar-refractivity contribution in [1.82, 2.24) is 0 Å². The molecule has 0 fully saturated rings. The molecule has 0 saturated heterocycles. The second kappa shape index (κ2) is 5.85. The van der Waals surface area contributed by atoms with E-state index in [1.165, 1.54) is 0 Å². The van der Waals surface area contributed by atoms with Crippen LogP contribution in [0.25, 0.3) is 0 Å². The highest BCUT2D eigenvalue weighted by Gasteiger charge is 2.18. The van der Waals surface area contributed by atoms with Gasteiger partial charge in [-0.25, -0.2) is 0 Å². The molecular formula is C8H14O4. The van der Waals surface area contributed by atoms with Crippen LogP contribution in [-0.4, -0.2) is 36.5 Å². The van der Waals surface area contributed by atoms with Crippen LogP contribution < -0.4 is 0 Å².